The van der Waals surface area contributed by atoms with Gasteiger partial charge in [0.1, 0.15) is 0 Å². The lowest BCUT2D eigenvalue weighted by molar-refractivity contribution is -0.0612. The fourth-order valence-electron chi connectivity index (χ4n) is 3.54. The Balaban J connectivity index is 1.76. The van der Waals surface area contributed by atoms with Crippen LogP contribution in [0.25, 0.3) is 0 Å². The molecule has 2 N–H and O–H groups in total. The molecule has 0 bridgehead atoms. The Morgan fingerprint density at radius 1 is 1.37 bits per heavy atom. The molecule has 4 nitrogen and oxygen atoms in total. The number of anilines is 2. The molecule has 0 radical (unpaired) electrons. The summed E-state index contributed by atoms with van der Waals surface area (Å²) in [6.45, 7) is 1.90. The summed E-state index contributed by atoms with van der Waals surface area (Å²) in [5, 5.41) is 13.8. The van der Waals surface area contributed by atoms with Crippen molar-refractivity contribution < 1.29 is 5.11 Å². The molecule has 0 amide bonds. The average molecular weight is 261 g/mol. The molecule has 3 rings (SSSR count). The molecule has 2 aliphatic rings. The van der Waals surface area contributed by atoms with Gasteiger partial charge < -0.3 is 15.3 Å². The van der Waals surface area contributed by atoms with E-state index in [-0.39, 0.29) is 0 Å². The molecule has 1 aliphatic carbocycles. The SMILES string of the molecule is CNc1cncc(N2CCC3(O)CCCCC3C2)c1. The smallest absolute Gasteiger partial charge is 0.0709 e. The van der Waals surface area contributed by atoms with Gasteiger partial charge in [-0.1, -0.05) is 12.8 Å². The number of aliphatic hydroxyl groups is 1. The topological polar surface area (TPSA) is 48.4 Å². The second-order valence-corrected chi connectivity index (χ2v) is 5.92. The van der Waals surface area contributed by atoms with Gasteiger partial charge in [-0.15, -0.1) is 0 Å². The van der Waals surface area contributed by atoms with Crippen molar-refractivity contribution in [2.75, 3.05) is 30.4 Å². The summed E-state index contributed by atoms with van der Waals surface area (Å²) in [4.78, 5) is 6.66. The van der Waals surface area contributed by atoms with E-state index in [1.165, 1.54) is 18.5 Å². The first-order valence-corrected chi connectivity index (χ1v) is 7.31. The van der Waals surface area contributed by atoms with Crippen LogP contribution in [0, 0.1) is 5.92 Å². The van der Waals surface area contributed by atoms with E-state index in [1.807, 2.05) is 19.4 Å². The molecule has 1 aliphatic heterocycles. The largest absolute Gasteiger partial charge is 0.389 e. The standard InChI is InChI=1S/C15H23N3O/c1-16-13-8-14(10-17-9-13)18-7-6-15(19)5-3-2-4-12(15)11-18/h8-10,12,16,19H,2-7,11H2,1H3. The van der Waals surface area contributed by atoms with Crippen LogP contribution >= 0.6 is 0 Å². The number of piperidine rings is 1. The molecule has 0 aromatic carbocycles. The van der Waals surface area contributed by atoms with Gasteiger partial charge >= 0.3 is 0 Å². The second-order valence-electron chi connectivity index (χ2n) is 5.92. The molecule has 104 valence electrons. The minimum atomic E-state index is -0.400. The Bertz CT molecular complexity index is 451. The van der Waals surface area contributed by atoms with Gasteiger partial charge in [-0.05, 0) is 25.3 Å². The highest BCUT2D eigenvalue weighted by Gasteiger charge is 2.42. The number of hydrogen-bond acceptors (Lipinski definition) is 4. The Morgan fingerprint density at radius 2 is 2.26 bits per heavy atom. The Morgan fingerprint density at radius 3 is 3.11 bits per heavy atom. The van der Waals surface area contributed by atoms with Crippen molar-refractivity contribution in [1.82, 2.24) is 4.98 Å². The van der Waals surface area contributed by atoms with E-state index in [0.717, 1.165) is 38.0 Å². The number of aromatic nitrogens is 1. The zero-order chi connectivity index (χ0) is 13.3. The molecular formula is C15H23N3O. The molecule has 1 saturated carbocycles. The van der Waals surface area contributed by atoms with E-state index < -0.39 is 5.60 Å². The van der Waals surface area contributed by atoms with E-state index in [0.29, 0.717) is 5.92 Å². The van der Waals surface area contributed by atoms with Crippen molar-refractivity contribution in [1.29, 1.82) is 0 Å². The lowest BCUT2D eigenvalue weighted by Crippen LogP contribution is -2.53. The lowest BCUT2D eigenvalue weighted by atomic mass is 9.71. The summed E-state index contributed by atoms with van der Waals surface area (Å²) >= 11 is 0. The molecular weight excluding hydrogens is 238 g/mol. The third-order valence-corrected chi connectivity index (χ3v) is 4.81. The lowest BCUT2D eigenvalue weighted by Gasteiger charge is -2.48. The van der Waals surface area contributed by atoms with Gasteiger partial charge in [0.2, 0.25) is 0 Å². The summed E-state index contributed by atoms with van der Waals surface area (Å²) in [5.41, 5.74) is 1.81. The van der Waals surface area contributed by atoms with E-state index in [2.05, 4.69) is 21.3 Å². The quantitative estimate of drug-likeness (QED) is 0.857. The van der Waals surface area contributed by atoms with Crippen molar-refractivity contribution in [3.8, 4) is 0 Å². The molecule has 1 saturated heterocycles. The molecule has 2 atom stereocenters. The predicted molar refractivity (Wildman–Crippen MR) is 77.5 cm³/mol. The Labute approximate surface area is 114 Å². The molecule has 19 heavy (non-hydrogen) atoms. The molecule has 1 aromatic heterocycles. The van der Waals surface area contributed by atoms with Crippen molar-refractivity contribution in [3.63, 3.8) is 0 Å². The number of nitrogens with one attached hydrogen (secondary N) is 1. The van der Waals surface area contributed by atoms with Crippen LogP contribution in [0.4, 0.5) is 11.4 Å². The van der Waals surface area contributed by atoms with Crippen LogP contribution in [0.15, 0.2) is 18.5 Å². The molecule has 0 spiro atoms. The van der Waals surface area contributed by atoms with E-state index in [4.69, 9.17) is 0 Å². The van der Waals surface area contributed by atoms with Gasteiger partial charge in [0, 0.05) is 26.1 Å². The summed E-state index contributed by atoms with van der Waals surface area (Å²) in [7, 11) is 1.91. The van der Waals surface area contributed by atoms with E-state index in [1.54, 1.807) is 0 Å². The maximum atomic E-state index is 10.7. The predicted octanol–water partition coefficient (Wildman–Crippen LogP) is 2.25. The normalized spacial score (nSPS) is 30.8. The van der Waals surface area contributed by atoms with E-state index in [9.17, 15) is 5.11 Å². The maximum absolute atomic E-state index is 10.7. The molecule has 2 heterocycles. The third kappa shape index (κ3) is 2.41. The average Bonchev–Trinajstić information content (AvgIpc) is 2.46. The number of nitrogens with zero attached hydrogens (tertiary/aromatic N) is 2. The van der Waals surface area contributed by atoms with Crippen LogP contribution in [0.5, 0.6) is 0 Å². The Kier molecular flexibility index (Phi) is 3.35. The highest BCUT2D eigenvalue weighted by atomic mass is 16.3. The first-order valence-electron chi connectivity index (χ1n) is 7.31. The van der Waals surface area contributed by atoms with Crippen LogP contribution in [-0.2, 0) is 0 Å². The summed E-state index contributed by atoms with van der Waals surface area (Å²) in [6, 6.07) is 2.14. The van der Waals surface area contributed by atoms with Gasteiger partial charge in [-0.3, -0.25) is 4.98 Å². The zero-order valence-electron chi connectivity index (χ0n) is 11.6. The third-order valence-electron chi connectivity index (χ3n) is 4.81. The second kappa shape index (κ2) is 5.00. The number of rotatable bonds is 2. The van der Waals surface area contributed by atoms with Gasteiger partial charge in [-0.25, -0.2) is 0 Å². The number of pyridine rings is 1. The molecule has 4 heteroatoms. The minimum absolute atomic E-state index is 0.400. The Hall–Kier alpha value is -1.29. The minimum Gasteiger partial charge on any atom is -0.389 e. The molecule has 2 fully saturated rings. The van der Waals surface area contributed by atoms with Crippen molar-refractivity contribution in [2.45, 2.75) is 37.7 Å². The van der Waals surface area contributed by atoms with Crippen LogP contribution in [0.1, 0.15) is 32.1 Å². The number of hydrogen-bond donors (Lipinski definition) is 2. The van der Waals surface area contributed by atoms with Crippen LogP contribution in [0.2, 0.25) is 0 Å². The monoisotopic (exact) mass is 261 g/mol. The highest BCUT2D eigenvalue weighted by molar-refractivity contribution is 5.55. The van der Waals surface area contributed by atoms with Crippen molar-refractivity contribution >= 4 is 11.4 Å². The van der Waals surface area contributed by atoms with Crippen molar-refractivity contribution in [2.24, 2.45) is 5.92 Å². The van der Waals surface area contributed by atoms with Crippen LogP contribution < -0.4 is 10.2 Å². The van der Waals surface area contributed by atoms with Crippen LogP contribution in [0.3, 0.4) is 0 Å². The fraction of sp³-hybridized carbons (Fsp3) is 0.667. The molecule has 1 aromatic rings. The van der Waals surface area contributed by atoms with E-state index >= 15 is 0 Å². The summed E-state index contributed by atoms with van der Waals surface area (Å²) in [6.07, 6.45) is 9.24. The number of fused-ring (bicyclic) bond motifs is 1. The van der Waals surface area contributed by atoms with Crippen LogP contribution in [-0.4, -0.2) is 35.8 Å². The summed E-state index contributed by atoms with van der Waals surface area (Å²) in [5.74, 6) is 0.424. The van der Waals surface area contributed by atoms with Gasteiger partial charge in [0.15, 0.2) is 0 Å². The first kappa shape index (κ1) is 12.7. The maximum Gasteiger partial charge on any atom is 0.0709 e. The highest BCUT2D eigenvalue weighted by Crippen LogP contribution is 2.40. The fourth-order valence-corrected chi connectivity index (χ4v) is 3.54. The van der Waals surface area contributed by atoms with Gasteiger partial charge in [0.25, 0.3) is 0 Å². The van der Waals surface area contributed by atoms with Gasteiger partial charge in [-0.2, -0.15) is 0 Å². The molecule has 2 unspecified atom stereocenters. The first-order chi connectivity index (χ1) is 9.21. The van der Waals surface area contributed by atoms with Gasteiger partial charge in [0.05, 0.1) is 29.4 Å². The zero-order valence-corrected chi connectivity index (χ0v) is 11.6. The summed E-state index contributed by atoms with van der Waals surface area (Å²) < 4.78 is 0. The van der Waals surface area contributed by atoms with Crippen molar-refractivity contribution in [3.05, 3.63) is 18.5 Å².